The minimum atomic E-state index is -0.426. The maximum absolute atomic E-state index is 13.7. The molecule has 0 saturated carbocycles. The Morgan fingerprint density at radius 3 is 2.86 bits per heavy atom. The summed E-state index contributed by atoms with van der Waals surface area (Å²) in [6.45, 7) is 4.14. The number of aromatic nitrogens is 3. The van der Waals surface area contributed by atoms with Gasteiger partial charge in [0, 0.05) is 6.54 Å². The normalized spacial score (nSPS) is 12.1. The van der Waals surface area contributed by atoms with E-state index >= 15 is 0 Å². The molecular formula is C13H16FN5OS. The van der Waals surface area contributed by atoms with Crippen molar-refractivity contribution in [3.63, 3.8) is 0 Å². The number of nitrogen functional groups attached to an aromatic ring is 1. The number of amides is 1. The van der Waals surface area contributed by atoms with Crippen molar-refractivity contribution in [1.29, 1.82) is 0 Å². The number of rotatable bonds is 5. The van der Waals surface area contributed by atoms with Crippen LogP contribution in [-0.2, 0) is 4.79 Å². The molecule has 0 unspecified atom stereocenters. The van der Waals surface area contributed by atoms with Crippen LogP contribution in [0.3, 0.4) is 0 Å². The number of hydrogen-bond acceptors (Lipinski definition) is 5. The van der Waals surface area contributed by atoms with E-state index in [9.17, 15) is 9.18 Å². The van der Waals surface area contributed by atoms with Gasteiger partial charge in [0.25, 0.3) is 0 Å². The molecule has 0 fully saturated rings. The fourth-order valence-corrected chi connectivity index (χ4v) is 2.51. The summed E-state index contributed by atoms with van der Waals surface area (Å²) >= 11 is 1.17. The van der Waals surface area contributed by atoms with Gasteiger partial charge >= 0.3 is 0 Å². The lowest BCUT2D eigenvalue weighted by Gasteiger charge is -2.10. The van der Waals surface area contributed by atoms with E-state index < -0.39 is 5.82 Å². The predicted molar refractivity (Wildman–Crippen MR) is 79.6 cm³/mol. The van der Waals surface area contributed by atoms with Crippen LogP contribution in [0.15, 0.2) is 29.4 Å². The zero-order chi connectivity index (χ0) is 15.4. The Kier molecular flexibility index (Phi) is 4.79. The fourth-order valence-electron chi connectivity index (χ4n) is 1.71. The smallest absolute Gasteiger partial charge is 0.233 e. The lowest BCUT2D eigenvalue weighted by Crippen LogP contribution is -2.31. The van der Waals surface area contributed by atoms with Gasteiger partial charge in [-0.1, -0.05) is 23.9 Å². The third-order valence-electron chi connectivity index (χ3n) is 2.78. The Morgan fingerprint density at radius 2 is 2.19 bits per heavy atom. The molecule has 2 aromatic rings. The SMILES string of the molecule is CCNC(=O)[C@@H](C)Sc1nnc(-c2ccccc2F)n1N. The Morgan fingerprint density at radius 1 is 1.48 bits per heavy atom. The van der Waals surface area contributed by atoms with E-state index in [-0.39, 0.29) is 22.5 Å². The molecule has 0 aliphatic rings. The lowest BCUT2D eigenvalue weighted by molar-refractivity contribution is -0.120. The molecule has 0 radical (unpaired) electrons. The predicted octanol–water partition coefficient (Wildman–Crippen LogP) is 1.41. The van der Waals surface area contributed by atoms with Crippen LogP contribution in [0, 0.1) is 5.82 Å². The molecule has 1 aromatic heterocycles. The molecule has 112 valence electrons. The molecule has 1 atom stereocenters. The number of benzene rings is 1. The number of halogens is 1. The van der Waals surface area contributed by atoms with E-state index in [2.05, 4.69) is 15.5 Å². The van der Waals surface area contributed by atoms with Crippen LogP contribution in [-0.4, -0.2) is 32.6 Å². The highest BCUT2D eigenvalue weighted by Crippen LogP contribution is 2.25. The van der Waals surface area contributed by atoms with Crippen molar-refractivity contribution in [2.24, 2.45) is 0 Å². The second-order valence-electron chi connectivity index (χ2n) is 4.31. The van der Waals surface area contributed by atoms with Crippen LogP contribution >= 0.6 is 11.8 Å². The second kappa shape index (κ2) is 6.57. The minimum absolute atomic E-state index is 0.113. The van der Waals surface area contributed by atoms with Gasteiger partial charge in [-0.2, -0.15) is 0 Å². The van der Waals surface area contributed by atoms with Crippen molar-refractivity contribution in [3.05, 3.63) is 30.1 Å². The molecule has 3 N–H and O–H groups in total. The molecule has 1 aromatic carbocycles. The van der Waals surface area contributed by atoms with Gasteiger partial charge in [0.05, 0.1) is 10.8 Å². The number of carbonyl (C=O) groups excluding carboxylic acids is 1. The number of thioether (sulfide) groups is 1. The van der Waals surface area contributed by atoms with Crippen LogP contribution in [0.2, 0.25) is 0 Å². The van der Waals surface area contributed by atoms with Gasteiger partial charge in [-0.25, -0.2) is 9.07 Å². The third-order valence-corrected chi connectivity index (χ3v) is 3.84. The van der Waals surface area contributed by atoms with E-state index in [1.807, 2.05) is 6.92 Å². The summed E-state index contributed by atoms with van der Waals surface area (Å²) < 4.78 is 14.9. The van der Waals surface area contributed by atoms with Crippen LogP contribution in [0.25, 0.3) is 11.4 Å². The quantitative estimate of drug-likeness (QED) is 0.644. The van der Waals surface area contributed by atoms with Crippen molar-refractivity contribution in [2.75, 3.05) is 12.4 Å². The summed E-state index contributed by atoms with van der Waals surface area (Å²) in [5, 5.41) is 10.5. The van der Waals surface area contributed by atoms with Gasteiger partial charge in [0.15, 0.2) is 5.82 Å². The second-order valence-corrected chi connectivity index (χ2v) is 5.62. The van der Waals surface area contributed by atoms with Crippen molar-refractivity contribution >= 4 is 17.7 Å². The molecule has 0 bridgehead atoms. The standard InChI is InChI=1S/C13H16FN5OS/c1-3-16-12(20)8(2)21-13-18-17-11(19(13)15)9-6-4-5-7-10(9)14/h4-8H,3,15H2,1-2H3,(H,16,20)/t8-/m1/s1. The van der Waals surface area contributed by atoms with E-state index in [1.54, 1.807) is 25.1 Å². The molecular weight excluding hydrogens is 293 g/mol. The van der Waals surface area contributed by atoms with Crippen molar-refractivity contribution < 1.29 is 9.18 Å². The van der Waals surface area contributed by atoms with E-state index in [1.165, 1.54) is 22.5 Å². The van der Waals surface area contributed by atoms with Crippen molar-refractivity contribution in [3.8, 4) is 11.4 Å². The van der Waals surface area contributed by atoms with Gasteiger partial charge in [0.2, 0.25) is 11.1 Å². The first-order valence-electron chi connectivity index (χ1n) is 6.44. The average Bonchev–Trinajstić information content (AvgIpc) is 2.81. The van der Waals surface area contributed by atoms with Gasteiger partial charge in [0.1, 0.15) is 5.82 Å². The summed E-state index contributed by atoms with van der Waals surface area (Å²) in [6, 6.07) is 6.18. The zero-order valence-corrected chi connectivity index (χ0v) is 12.5. The van der Waals surface area contributed by atoms with E-state index in [0.717, 1.165) is 0 Å². The largest absolute Gasteiger partial charge is 0.355 e. The van der Waals surface area contributed by atoms with Crippen molar-refractivity contribution in [1.82, 2.24) is 20.2 Å². The Bertz CT molecular complexity index is 645. The molecule has 1 amide bonds. The molecule has 1 heterocycles. The summed E-state index contributed by atoms with van der Waals surface area (Å²) in [7, 11) is 0. The highest BCUT2D eigenvalue weighted by Gasteiger charge is 2.20. The molecule has 2 rings (SSSR count). The van der Waals surface area contributed by atoms with Crippen LogP contribution < -0.4 is 11.2 Å². The van der Waals surface area contributed by atoms with Gasteiger partial charge in [-0.15, -0.1) is 10.2 Å². The molecule has 6 nitrogen and oxygen atoms in total. The summed E-state index contributed by atoms with van der Waals surface area (Å²) in [5.41, 5.74) is 0.269. The lowest BCUT2D eigenvalue weighted by atomic mass is 10.2. The Hall–Kier alpha value is -2.09. The molecule has 8 heteroatoms. The topological polar surface area (TPSA) is 85.8 Å². The number of hydrogen-bond donors (Lipinski definition) is 2. The summed E-state index contributed by atoms with van der Waals surface area (Å²) in [4.78, 5) is 11.7. The van der Waals surface area contributed by atoms with Gasteiger partial charge < -0.3 is 11.2 Å². The van der Waals surface area contributed by atoms with E-state index in [4.69, 9.17) is 5.84 Å². The summed E-state index contributed by atoms with van der Waals surface area (Å²) in [6.07, 6.45) is 0. The van der Waals surface area contributed by atoms with E-state index in [0.29, 0.717) is 11.7 Å². The number of nitrogens with one attached hydrogen (secondary N) is 1. The van der Waals surface area contributed by atoms with Crippen molar-refractivity contribution in [2.45, 2.75) is 24.3 Å². The number of nitrogens with two attached hydrogens (primary N) is 1. The molecule has 21 heavy (non-hydrogen) atoms. The first kappa shape index (κ1) is 15.3. The zero-order valence-electron chi connectivity index (χ0n) is 11.7. The highest BCUT2D eigenvalue weighted by molar-refractivity contribution is 8.00. The minimum Gasteiger partial charge on any atom is -0.355 e. The Balaban J connectivity index is 2.22. The van der Waals surface area contributed by atoms with Gasteiger partial charge in [-0.3, -0.25) is 4.79 Å². The van der Waals surface area contributed by atoms with Crippen LogP contribution in [0.5, 0.6) is 0 Å². The van der Waals surface area contributed by atoms with Crippen LogP contribution in [0.1, 0.15) is 13.8 Å². The monoisotopic (exact) mass is 309 g/mol. The number of nitrogens with zero attached hydrogens (tertiary/aromatic N) is 3. The van der Waals surface area contributed by atoms with Crippen LogP contribution in [0.4, 0.5) is 4.39 Å². The first-order valence-corrected chi connectivity index (χ1v) is 7.32. The van der Waals surface area contributed by atoms with Gasteiger partial charge in [-0.05, 0) is 26.0 Å². The molecule has 0 aliphatic carbocycles. The number of carbonyl (C=O) groups is 1. The third kappa shape index (κ3) is 3.33. The molecule has 0 spiro atoms. The average molecular weight is 309 g/mol. The highest BCUT2D eigenvalue weighted by atomic mass is 32.2. The maximum atomic E-state index is 13.7. The maximum Gasteiger partial charge on any atom is 0.233 e. The Labute approximate surface area is 125 Å². The first-order chi connectivity index (χ1) is 10.0. The molecule has 0 saturated heterocycles. The summed E-state index contributed by atoms with van der Waals surface area (Å²) in [5.74, 6) is 5.58. The fraction of sp³-hybridized carbons (Fsp3) is 0.308. The molecule has 0 aliphatic heterocycles.